The van der Waals surface area contributed by atoms with E-state index in [4.69, 9.17) is 33.7 Å². The zero-order valence-corrected chi connectivity index (χ0v) is 22.0. The first-order valence-corrected chi connectivity index (χ1v) is 13.1. The van der Waals surface area contributed by atoms with Crippen LogP contribution in [-0.2, 0) is 9.59 Å². The molecule has 1 fully saturated rings. The third-order valence-corrected chi connectivity index (χ3v) is 7.94. The summed E-state index contributed by atoms with van der Waals surface area (Å²) in [6.45, 7) is 4.15. The van der Waals surface area contributed by atoms with Crippen LogP contribution in [0.4, 0.5) is 0 Å². The van der Waals surface area contributed by atoms with Crippen LogP contribution in [-0.4, -0.2) is 71.1 Å². The van der Waals surface area contributed by atoms with Gasteiger partial charge in [0.25, 0.3) is 0 Å². The maximum Gasteiger partial charge on any atom is 0.414 e. The fourth-order valence-corrected chi connectivity index (χ4v) is 5.95. The molecule has 10 heteroatoms. The van der Waals surface area contributed by atoms with E-state index in [2.05, 4.69) is 30.0 Å². The van der Waals surface area contributed by atoms with E-state index < -0.39 is 18.0 Å². The Kier molecular flexibility index (Phi) is 8.88. The predicted octanol–water partition coefficient (Wildman–Crippen LogP) is 4.82. The van der Waals surface area contributed by atoms with Crippen LogP contribution in [0.2, 0.25) is 0 Å². The number of hydrogen-bond acceptors (Lipinski definition) is 8. The lowest BCUT2D eigenvalue weighted by Gasteiger charge is -2.38. The van der Waals surface area contributed by atoms with Crippen molar-refractivity contribution in [2.75, 3.05) is 26.8 Å². The highest BCUT2D eigenvalue weighted by molar-refractivity contribution is 7.19. The second-order valence-corrected chi connectivity index (χ2v) is 10.4. The second kappa shape index (κ2) is 12.3. The Morgan fingerprint density at radius 2 is 1.95 bits per heavy atom. The van der Waals surface area contributed by atoms with Crippen LogP contribution in [0.25, 0.3) is 21.1 Å². The first-order chi connectivity index (χ1) is 18.2. The molecule has 0 radical (unpaired) electrons. The lowest BCUT2D eigenvalue weighted by Crippen LogP contribution is -2.45. The molecule has 0 amide bonds. The fraction of sp³-hybridized carbons (Fsp3) is 0.357. The van der Waals surface area contributed by atoms with E-state index in [0.29, 0.717) is 18.5 Å². The average Bonchev–Trinajstić information content (AvgIpc) is 3.56. The Labute approximate surface area is 223 Å². The molecule has 0 spiro atoms. The number of piperidine rings is 1. The van der Waals surface area contributed by atoms with Crippen molar-refractivity contribution in [2.24, 2.45) is 0 Å². The van der Waals surface area contributed by atoms with Crippen LogP contribution < -0.4 is 9.47 Å². The van der Waals surface area contributed by atoms with Gasteiger partial charge in [-0.05, 0) is 80.1 Å². The number of likely N-dealkylation sites (tertiary alicyclic amines) is 1. The lowest BCUT2D eigenvalue weighted by molar-refractivity contribution is -0.159. The number of rotatable bonds is 7. The highest BCUT2D eigenvalue weighted by Crippen LogP contribution is 2.39. The van der Waals surface area contributed by atoms with E-state index in [1.807, 2.05) is 41.7 Å². The van der Waals surface area contributed by atoms with Crippen molar-refractivity contribution in [3.8, 4) is 11.5 Å². The number of carbonyl (C=O) groups is 2. The Hall–Kier alpha value is -3.60. The van der Waals surface area contributed by atoms with Crippen LogP contribution in [0.1, 0.15) is 30.6 Å². The largest absolute Gasteiger partial charge is 0.497 e. The summed E-state index contributed by atoms with van der Waals surface area (Å²) < 4.78 is 18.0. The monoisotopic (exact) mass is 541 g/mol. The Morgan fingerprint density at radius 3 is 2.66 bits per heavy atom. The first kappa shape index (κ1) is 27.4. The van der Waals surface area contributed by atoms with Gasteiger partial charge in [0.05, 0.1) is 18.8 Å². The highest BCUT2D eigenvalue weighted by atomic mass is 32.1. The van der Waals surface area contributed by atoms with Crippen molar-refractivity contribution in [3.05, 3.63) is 59.7 Å². The Balaban J connectivity index is 0.000000505. The summed E-state index contributed by atoms with van der Waals surface area (Å²) in [5.41, 5.74) is 0.798. The number of aliphatic carboxylic acids is 2. The van der Waals surface area contributed by atoms with Gasteiger partial charge in [0.15, 0.2) is 0 Å². The van der Waals surface area contributed by atoms with Gasteiger partial charge in [0.2, 0.25) is 0 Å². The molecule has 9 nitrogen and oxygen atoms in total. The maximum atomic E-state index is 10.6. The van der Waals surface area contributed by atoms with Gasteiger partial charge < -0.3 is 29.2 Å². The number of ether oxygens (including phenoxy) is 2. The lowest BCUT2D eigenvalue weighted by atomic mass is 9.90. The summed E-state index contributed by atoms with van der Waals surface area (Å²) in [5, 5.41) is 27.6. The van der Waals surface area contributed by atoms with Crippen LogP contribution in [0.5, 0.6) is 11.5 Å². The quantitative estimate of drug-likeness (QED) is 0.282. The molecule has 2 aromatic heterocycles. The molecule has 3 atom stereocenters. The summed E-state index contributed by atoms with van der Waals surface area (Å²) >= 11 is 1.88. The molecule has 1 aliphatic heterocycles. The van der Waals surface area contributed by atoms with Gasteiger partial charge in [-0.2, -0.15) is 0 Å². The van der Waals surface area contributed by atoms with Crippen molar-refractivity contribution in [3.63, 3.8) is 0 Å². The Morgan fingerprint density at radius 1 is 1.16 bits per heavy atom. The third kappa shape index (κ3) is 6.63. The van der Waals surface area contributed by atoms with Gasteiger partial charge in [0, 0.05) is 22.2 Å². The number of aliphatic hydroxyl groups is 1. The summed E-state index contributed by atoms with van der Waals surface area (Å²) in [4.78, 5) is 22.0. The number of thiophene rings is 1. The minimum absolute atomic E-state index is 0.273. The number of β-amino-alcohol motifs (C(OH)–C–C–N with tert-alkyl or cyclic N) is 1. The van der Waals surface area contributed by atoms with Crippen LogP contribution in [0.3, 0.4) is 0 Å². The number of benzene rings is 2. The second-order valence-electron chi connectivity index (χ2n) is 9.28. The van der Waals surface area contributed by atoms with Crippen molar-refractivity contribution < 1.29 is 38.8 Å². The van der Waals surface area contributed by atoms with E-state index >= 15 is 0 Å². The zero-order valence-electron chi connectivity index (χ0n) is 21.2. The van der Waals surface area contributed by atoms with E-state index in [1.54, 1.807) is 13.4 Å². The normalized spacial score (nSPS) is 18.5. The Bertz CT molecular complexity index is 1380. The molecule has 0 saturated carbocycles. The SMILES string of the molecule is COc1ccc2cc([C@H]3CCN(C[C@H](O)COc4cccc5occc45)[C@H](C)C3)sc2c1.O=C(O)C(=O)O. The van der Waals surface area contributed by atoms with Crippen molar-refractivity contribution in [2.45, 2.75) is 37.8 Å². The highest BCUT2D eigenvalue weighted by Gasteiger charge is 2.29. The van der Waals surface area contributed by atoms with E-state index in [0.717, 1.165) is 41.9 Å². The molecule has 1 aliphatic rings. The predicted molar refractivity (Wildman–Crippen MR) is 144 cm³/mol. The summed E-state index contributed by atoms with van der Waals surface area (Å²) in [6, 6.07) is 16.7. The number of nitrogens with zero attached hydrogens (tertiary/aromatic N) is 1. The molecule has 202 valence electrons. The zero-order chi connectivity index (χ0) is 27.2. The molecule has 0 unspecified atom stereocenters. The van der Waals surface area contributed by atoms with Crippen LogP contribution >= 0.6 is 11.3 Å². The number of fused-ring (bicyclic) bond motifs is 2. The maximum absolute atomic E-state index is 10.6. The van der Waals surface area contributed by atoms with Gasteiger partial charge in [-0.1, -0.05) is 6.07 Å². The molecule has 3 N–H and O–H groups in total. The number of hydrogen-bond donors (Lipinski definition) is 3. The molecule has 38 heavy (non-hydrogen) atoms. The van der Waals surface area contributed by atoms with Crippen molar-refractivity contribution in [1.82, 2.24) is 4.90 Å². The topological polar surface area (TPSA) is 130 Å². The molecule has 0 aliphatic carbocycles. The van der Waals surface area contributed by atoms with Gasteiger partial charge >= 0.3 is 11.9 Å². The number of aliphatic hydroxyl groups excluding tert-OH is 1. The van der Waals surface area contributed by atoms with Gasteiger partial charge in [-0.25, -0.2) is 9.59 Å². The minimum atomic E-state index is -1.82. The number of methoxy groups -OCH3 is 1. The third-order valence-electron chi connectivity index (χ3n) is 6.68. The summed E-state index contributed by atoms with van der Waals surface area (Å²) in [5.74, 6) is -1.42. The first-order valence-electron chi connectivity index (χ1n) is 12.3. The number of furan rings is 1. The number of carboxylic acids is 2. The molecular weight excluding hydrogens is 510 g/mol. The van der Waals surface area contributed by atoms with Gasteiger partial charge in [-0.3, -0.25) is 4.90 Å². The van der Waals surface area contributed by atoms with Crippen molar-refractivity contribution in [1.29, 1.82) is 0 Å². The standard InChI is InChI=1S/C26H29NO4S.C2H2O4/c1-17-12-19(25-13-18-6-7-21(29-2)14-26(18)32-25)8-10-27(17)15-20(28)16-31-24-5-3-4-23-22(24)9-11-30-23;3-1(4)2(5)6/h3-7,9,11,13-14,17,19-20,28H,8,10,12,15-16H2,1-2H3;(H,3,4)(H,5,6)/t17-,19+,20+;/m1./s1. The molecular formula is C28H31NO8S. The van der Waals surface area contributed by atoms with Crippen LogP contribution in [0.15, 0.2) is 59.2 Å². The van der Waals surface area contributed by atoms with Gasteiger partial charge in [0.1, 0.15) is 29.8 Å². The molecule has 3 heterocycles. The molecule has 4 aromatic rings. The molecule has 1 saturated heterocycles. The van der Waals surface area contributed by atoms with E-state index in [1.165, 1.54) is 15.0 Å². The molecule has 2 aromatic carbocycles. The minimum Gasteiger partial charge on any atom is -0.497 e. The summed E-state index contributed by atoms with van der Waals surface area (Å²) in [7, 11) is 1.71. The summed E-state index contributed by atoms with van der Waals surface area (Å²) in [6.07, 6.45) is 3.34. The van der Waals surface area contributed by atoms with E-state index in [9.17, 15) is 5.11 Å². The molecule has 5 rings (SSSR count). The average molecular weight is 542 g/mol. The smallest absolute Gasteiger partial charge is 0.414 e. The van der Waals surface area contributed by atoms with Crippen molar-refractivity contribution >= 4 is 44.3 Å². The van der Waals surface area contributed by atoms with E-state index in [-0.39, 0.29) is 6.61 Å². The van der Waals surface area contributed by atoms with Gasteiger partial charge in [-0.15, -0.1) is 11.3 Å². The van der Waals surface area contributed by atoms with Crippen LogP contribution in [0, 0.1) is 0 Å². The fourth-order valence-electron chi connectivity index (χ4n) is 4.71. The molecule has 0 bridgehead atoms. The number of carboxylic acid groups (broad SMARTS) is 2.